The van der Waals surface area contributed by atoms with E-state index >= 15 is 0 Å². The summed E-state index contributed by atoms with van der Waals surface area (Å²) in [6, 6.07) is 0. The maximum Gasteiger partial charge on any atom is 0.247 e. The van der Waals surface area contributed by atoms with Gasteiger partial charge in [-0.3, -0.25) is 0 Å². The van der Waals surface area contributed by atoms with Crippen molar-refractivity contribution in [2.24, 2.45) is 5.92 Å². The van der Waals surface area contributed by atoms with Gasteiger partial charge in [0.05, 0.1) is 6.20 Å². The predicted molar refractivity (Wildman–Crippen MR) is 77.5 cm³/mol. The molecular weight excluding hydrogens is 240 g/mol. The number of nitrogens with zero attached hydrogens (tertiary/aromatic N) is 5. The molecule has 1 unspecified atom stereocenters. The Morgan fingerprint density at radius 1 is 1.47 bits per heavy atom. The molecule has 6 heteroatoms. The van der Waals surface area contributed by atoms with Crippen LogP contribution in [-0.4, -0.2) is 60.4 Å². The highest BCUT2D eigenvalue weighted by Gasteiger charge is 2.19. The number of anilines is 2. The Labute approximate surface area is 115 Å². The van der Waals surface area contributed by atoms with Gasteiger partial charge in [-0.2, -0.15) is 10.1 Å². The van der Waals surface area contributed by atoms with Gasteiger partial charge in [-0.05, 0) is 32.9 Å². The Kier molecular flexibility index (Phi) is 4.90. The summed E-state index contributed by atoms with van der Waals surface area (Å²) in [5, 5.41) is 11.5. The lowest BCUT2D eigenvalue weighted by atomic mass is 10.0. The van der Waals surface area contributed by atoms with Crippen LogP contribution < -0.4 is 10.2 Å². The van der Waals surface area contributed by atoms with E-state index in [1.807, 2.05) is 0 Å². The van der Waals surface area contributed by atoms with E-state index < -0.39 is 0 Å². The van der Waals surface area contributed by atoms with Crippen LogP contribution >= 0.6 is 0 Å². The summed E-state index contributed by atoms with van der Waals surface area (Å²) in [5.74, 6) is 2.27. The highest BCUT2D eigenvalue weighted by molar-refractivity contribution is 5.39. The number of nitrogens with one attached hydrogen (secondary N) is 1. The summed E-state index contributed by atoms with van der Waals surface area (Å²) in [5.41, 5.74) is 0. The van der Waals surface area contributed by atoms with Crippen molar-refractivity contribution in [1.29, 1.82) is 0 Å². The van der Waals surface area contributed by atoms with Gasteiger partial charge in [0.15, 0.2) is 5.82 Å². The molecule has 2 heterocycles. The first kappa shape index (κ1) is 14.0. The van der Waals surface area contributed by atoms with Crippen molar-refractivity contribution in [3.8, 4) is 0 Å². The Hall–Kier alpha value is -1.43. The minimum absolute atomic E-state index is 0.711. The molecule has 106 valence electrons. The van der Waals surface area contributed by atoms with Gasteiger partial charge in [0.1, 0.15) is 0 Å². The fraction of sp³-hybridized carbons (Fsp3) is 0.769. The van der Waals surface area contributed by atoms with Crippen molar-refractivity contribution in [3.05, 3.63) is 6.20 Å². The third kappa shape index (κ3) is 4.31. The SMILES string of the molecule is CC1CCCN(c2nncc(NCCN(C)C)n2)C1. The molecule has 1 aromatic heterocycles. The number of aromatic nitrogens is 3. The molecule has 1 saturated heterocycles. The van der Waals surface area contributed by atoms with Crippen LogP contribution in [0.15, 0.2) is 6.20 Å². The van der Waals surface area contributed by atoms with E-state index in [0.29, 0.717) is 5.92 Å². The standard InChI is InChI=1S/C13H24N6/c1-11-5-4-7-19(10-11)13-16-12(9-15-17-13)14-6-8-18(2)3/h9,11H,4-8,10H2,1-3H3,(H,14,16,17). The van der Waals surface area contributed by atoms with Crippen molar-refractivity contribution < 1.29 is 0 Å². The zero-order valence-corrected chi connectivity index (χ0v) is 12.1. The van der Waals surface area contributed by atoms with Crippen molar-refractivity contribution in [2.75, 3.05) is 50.5 Å². The van der Waals surface area contributed by atoms with Gasteiger partial charge < -0.3 is 15.1 Å². The van der Waals surface area contributed by atoms with E-state index in [2.05, 4.69) is 51.3 Å². The Morgan fingerprint density at radius 3 is 3.05 bits per heavy atom. The monoisotopic (exact) mass is 264 g/mol. The molecule has 1 fully saturated rings. The molecule has 0 aromatic carbocycles. The quantitative estimate of drug-likeness (QED) is 0.859. The lowest BCUT2D eigenvalue weighted by Gasteiger charge is -2.30. The van der Waals surface area contributed by atoms with Gasteiger partial charge in [0.2, 0.25) is 5.95 Å². The minimum Gasteiger partial charge on any atom is -0.367 e. The van der Waals surface area contributed by atoms with Gasteiger partial charge in [-0.15, -0.1) is 5.10 Å². The molecule has 0 amide bonds. The summed E-state index contributed by atoms with van der Waals surface area (Å²) in [6.07, 6.45) is 4.19. The molecule has 0 bridgehead atoms. The first-order valence-electron chi connectivity index (χ1n) is 6.98. The van der Waals surface area contributed by atoms with Crippen molar-refractivity contribution in [3.63, 3.8) is 0 Å². The molecule has 1 N–H and O–H groups in total. The van der Waals surface area contributed by atoms with Crippen LogP contribution in [-0.2, 0) is 0 Å². The van der Waals surface area contributed by atoms with Gasteiger partial charge in [-0.1, -0.05) is 6.92 Å². The largest absolute Gasteiger partial charge is 0.367 e. The predicted octanol–water partition coefficient (Wildman–Crippen LogP) is 1.08. The van der Waals surface area contributed by atoms with Crippen LogP contribution in [0, 0.1) is 5.92 Å². The summed E-state index contributed by atoms with van der Waals surface area (Å²) in [7, 11) is 4.11. The second kappa shape index (κ2) is 6.65. The molecule has 1 aromatic rings. The van der Waals surface area contributed by atoms with Crippen LogP contribution in [0.1, 0.15) is 19.8 Å². The first-order valence-corrected chi connectivity index (χ1v) is 6.98. The fourth-order valence-electron chi connectivity index (χ4n) is 2.29. The van der Waals surface area contributed by atoms with Gasteiger partial charge in [0, 0.05) is 26.2 Å². The topological polar surface area (TPSA) is 57.2 Å². The second-order valence-electron chi connectivity index (χ2n) is 5.57. The number of rotatable bonds is 5. The summed E-state index contributed by atoms with van der Waals surface area (Å²) < 4.78 is 0. The van der Waals surface area contributed by atoms with E-state index in [1.54, 1.807) is 6.20 Å². The first-order chi connectivity index (χ1) is 9.15. The maximum absolute atomic E-state index is 4.55. The molecule has 0 aliphatic carbocycles. The Balaban J connectivity index is 1.94. The van der Waals surface area contributed by atoms with Crippen LogP contribution in [0.5, 0.6) is 0 Å². The number of likely N-dealkylation sites (N-methyl/N-ethyl adjacent to an activating group) is 1. The zero-order chi connectivity index (χ0) is 13.7. The van der Waals surface area contributed by atoms with E-state index in [4.69, 9.17) is 0 Å². The van der Waals surface area contributed by atoms with E-state index in [-0.39, 0.29) is 0 Å². The average Bonchev–Trinajstić information content (AvgIpc) is 2.39. The number of hydrogen-bond donors (Lipinski definition) is 1. The minimum atomic E-state index is 0.711. The molecule has 19 heavy (non-hydrogen) atoms. The Bertz CT molecular complexity index is 394. The van der Waals surface area contributed by atoms with Crippen LogP contribution in [0.2, 0.25) is 0 Å². The smallest absolute Gasteiger partial charge is 0.247 e. The fourth-order valence-corrected chi connectivity index (χ4v) is 2.29. The molecule has 1 aliphatic heterocycles. The van der Waals surface area contributed by atoms with Crippen LogP contribution in [0.4, 0.5) is 11.8 Å². The molecule has 0 spiro atoms. The summed E-state index contributed by atoms with van der Waals surface area (Å²) in [4.78, 5) is 8.92. The lowest BCUT2D eigenvalue weighted by molar-refractivity contribution is 0.425. The van der Waals surface area contributed by atoms with E-state index in [1.165, 1.54) is 12.8 Å². The molecule has 1 atom stereocenters. The normalized spacial score (nSPS) is 19.8. The molecule has 0 saturated carbocycles. The second-order valence-corrected chi connectivity index (χ2v) is 5.57. The maximum atomic E-state index is 4.55. The Morgan fingerprint density at radius 2 is 2.32 bits per heavy atom. The van der Waals surface area contributed by atoms with E-state index in [9.17, 15) is 0 Å². The molecule has 1 aliphatic rings. The number of piperidine rings is 1. The van der Waals surface area contributed by atoms with Crippen molar-refractivity contribution in [2.45, 2.75) is 19.8 Å². The van der Waals surface area contributed by atoms with Gasteiger partial charge in [0.25, 0.3) is 0 Å². The van der Waals surface area contributed by atoms with E-state index in [0.717, 1.165) is 37.9 Å². The van der Waals surface area contributed by atoms with Crippen molar-refractivity contribution >= 4 is 11.8 Å². The van der Waals surface area contributed by atoms with Gasteiger partial charge >= 0.3 is 0 Å². The van der Waals surface area contributed by atoms with Crippen LogP contribution in [0.25, 0.3) is 0 Å². The summed E-state index contributed by atoms with van der Waals surface area (Å²) >= 11 is 0. The molecule has 0 radical (unpaired) electrons. The van der Waals surface area contributed by atoms with Crippen LogP contribution in [0.3, 0.4) is 0 Å². The third-order valence-electron chi connectivity index (χ3n) is 3.35. The van der Waals surface area contributed by atoms with Gasteiger partial charge in [-0.25, -0.2) is 0 Å². The zero-order valence-electron chi connectivity index (χ0n) is 12.1. The number of hydrogen-bond acceptors (Lipinski definition) is 6. The van der Waals surface area contributed by atoms with Crippen molar-refractivity contribution in [1.82, 2.24) is 20.1 Å². The lowest BCUT2D eigenvalue weighted by Crippen LogP contribution is -2.35. The molecule has 2 rings (SSSR count). The molecule has 6 nitrogen and oxygen atoms in total. The average molecular weight is 264 g/mol. The summed E-state index contributed by atoms with van der Waals surface area (Å²) in [6.45, 7) is 6.18. The highest BCUT2D eigenvalue weighted by Crippen LogP contribution is 2.19. The highest BCUT2D eigenvalue weighted by atomic mass is 15.3. The third-order valence-corrected chi connectivity index (χ3v) is 3.35. The molecular formula is C13H24N6.